The van der Waals surface area contributed by atoms with Crippen LogP contribution in [0.15, 0.2) is 24.3 Å². The Kier molecular flexibility index (Phi) is 7.74. The van der Waals surface area contributed by atoms with E-state index in [1.165, 1.54) is 12.0 Å². The van der Waals surface area contributed by atoms with Gasteiger partial charge in [-0.05, 0) is 32.4 Å². The highest BCUT2D eigenvalue weighted by Gasteiger charge is 1.90. The predicted molar refractivity (Wildman–Crippen MR) is 64.0 cm³/mol. The summed E-state index contributed by atoms with van der Waals surface area (Å²) in [6, 6.07) is 7.09. The Hall–Kier alpha value is -1.02. The summed E-state index contributed by atoms with van der Waals surface area (Å²) in [6.45, 7) is 5.94. The number of aromatic hydroxyl groups is 1. The van der Waals surface area contributed by atoms with Crippen LogP contribution in [-0.2, 0) is 0 Å². The summed E-state index contributed by atoms with van der Waals surface area (Å²) >= 11 is 0. The number of unbranched alkanes of at least 4 members (excludes halogenated alkanes) is 1. The molecule has 0 aliphatic rings. The van der Waals surface area contributed by atoms with Gasteiger partial charge in [-0.3, -0.25) is 0 Å². The second-order valence-corrected chi connectivity index (χ2v) is 3.83. The van der Waals surface area contributed by atoms with Crippen molar-refractivity contribution in [2.24, 2.45) is 0 Å². The van der Waals surface area contributed by atoms with Crippen molar-refractivity contribution in [3.8, 4) is 5.75 Å². The largest absolute Gasteiger partial charge is 0.508 e. The molecule has 1 atom stereocenters. The van der Waals surface area contributed by atoms with E-state index >= 15 is 0 Å². The lowest BCUT2D eigenvalue weighted by Gasteiger charge is -1.98. The molecule has 1 rings (SSSR count). The van der Waals surface area contributed by atoms with Crippen LogP contribution in [0.25, 0.3) is 0 Å². The first kappa shape index (κ1) is 14.0. The monoisotopic (exact) mass is 210 g/mol. The molecule has 0 aliphatic heterocycles. The average molecular weight is 210 g/mol. The van der Waals surface area contributed by atoms with Crippen molar-refractivity contribution < 1.29 is 10.2 Å². The highest BCUT2D eigenvalue weighted by atomic mass is 16.3. The molecule has 1 aromatic rings. The molecule has 1 aromatic carbocycles. The number of phenols is 1. The van der Waals surface area contributed by atoms with E-state index in [2.05, 4.69) is 6.92 Å². The Balaban J connectivity index is 0.000000265. The molecule has 0 heterocycles. The molecule has 0 saturated carbocycles. The van der Waals surface area contributed by atoms with Gasteiger partial charge in [-0.1, -0.05) is 37.5 Å². The van der Waals surface area contributed by atoms with Crippen molar-refractivity contribution in [3.63, 3.8) is 0 Å². The summed E-state index contributed by atoms with van der Waals surface area (Å²) in [6.07, 6.45) is 3.19. The summed E-state index contributed by atoms with van der Waals surface area (Å²) in [7, 11) is 0. The smallest absolute Gasteiger partial charge is 0.115 e. The van der Waals surface area contributed by atoms with Crippen LogP contribution in [0.1, 0.15) is 38.7 Å². The summed E-state index contributed by atoms with van der Waals surface area (Å²) < 4.78 is 0. The molecular weight excluding hydrogens is 188 g/mol. The normalized spacial score (nSPS) is 11.5. The van der Waals surface area contributed by atoms with E-state index in [0.717, 1.165) is 12.8 Å². The molecule has 1 unspecified atom stereocenters. The molecule has 2 heteroatoms. The number of hydrogen-bond donors (Lipinski definition) is 2. The highest BCUT2D eigenvalue weighted by Crippen LogP contribution is 2.07. The van der Waals surface area contributed by atoms with Crippen LogP contribution in [0.4, 0.5) is 0 Å². The number of benzene rings is 1. The molecule has 0 radical (unpaired) electrons. The molecule has 0 aliphatic carbocycles. The van der Waals surface area contributed by atoms with Gasteiger partial charge >= 0.3 is 0 Å². The number of aliphatic hydroxyl groups excluding tert-OH is 1. The van der Waals surface area contributed by atoms with E-state index in [0.29, 0.717) is 5.75 Å². The number of hydrogen-bond acceptors (Lipinski definition) is 2. The van der Waals surface area contributed by atoms with Crippen molar-refractivity contribution in [2.75, 3.05) is 0 Å². The van der Waals surface area contributed by atoms with Gasteiger partial charge < -0.3 is 10.2 Å². The van der Waals surface area contributed by atoms with Gasteiger partial charge in [0.25, 0.3) is 0 Å². The molecule has 0 aromatic heterocycles. The lowest BCUT2D eigenvalue weighted by atomic mass is 10.2. The molecule has 2 N–H and O–H groups in total. The van der Waals surface area contributed by atoms with E-state index in [4.69, 9.17) is 10.2 Å². The van der Waals surface area contributed by atoms with Gasteiger partial charge in [0.2, 0.25) is 0 Å². The zero-order valence-electron chi connectivity index (χ0n) is 9.90. The van der Waals surface area contributed by atoms with Crippen LogP contribution in [0.2, 0.25) is 0 Å². The van der Waals surface area contributed by atoms with Crippen LogP contribution in [-0.4, -0.2) is 16.3 Å². The first-order valence-electron chi connectivity index (χ1n) is 5.50. The highest BCUT2D eigenvalue weighted by molar-refractivity contribution is 5.24. The van der Waals surface area contributed by atoms with Crippen LogP contribution in [0.3, 0.4) is 0 Å². The number of aryl methyl sites for hydroxylation is 1. The van der Waals surface area contributed by atoms with Crippen LogP contribution in [0, 0.1) is 6.92 Å². The molecule has 15 heavy (non-hydrogen) atoms. The fraction of sp³-hybridized carbons (Fsp3) is 0.538. The first-order chi connectivity index (χ1) is 7.06. The lowest BCUT2D eigenvalue weighted by Crippen LogP contribution is -1.97. The van der Waals surface area contributed by atoms with E-state index in [9.17, 15) is 0 Å². The van der Waals surface area contributed by atoms with Gasteiger partial charge in [0.1, 0.15) is 5.75 Å². The molecular formula is C13H22O2. The Morgan fingerprint density at radius 3 is 2.00 bits per heavy atom. The third kappa shape index (κ3) is 9.29. The van der Waals surface area contributed by atoms with Gasteiger partial charge in [-0.15, -0.1) is 0 Å². The van der Waals surface area contributed by atoms with Crippen molar-refractivity contribution in [1.29, 1.82) is 0 Å². The summed E-state index contributed by atoms with van der Waals surface area (Å²) in [5.41, 5.74) is 1.17. The third-order valence-electron chi connectivity index (χ3n) is 2.01. The fourth-order valence-electron chi connectivity index (χ4n) is 1.04. The maximum absolute atomic E-state index is 8.76. The maximum atomic E-state index is 8.76. The van der Waals surface area contributed by atoms with E-state index in [-0.39, 0.29) is 6.10 Å². The van der Waals surface area contributed by atoms with Gasteiger partial charge in [0.15, 0.2) is 0 Å². The maximum Gasteiger partial charge on any atom is 0.115 e. The van der Waals surface area contributed by atoms with Crippen LogP contribution >= 0.6 is 0 Å². The number of phenolic OH excluding ortho intramolecular Hbond substituents is 1. The lowest BCUT2D eigenvalue weighted by molar-refractivity contribution is 0.181. The van der Waals surface area contributed by atoms with Gasteiger partial charge in [-0.25, -0.2) is 0 Å². The predicted octanol–water partition coefficient (Wildman–Crippen LogP) is 3.26. The molecule has 0 fully saturated rings. The zero-order chi connectivity index (χ0) is 11.7. The first-order valence-corrected chi connectivity index (χ1v) is 5.50. The fourth-order valence-corrected chi connectivity index (χ4v) is 1.04. The van der Waals surface area contributed by atoms with Crippen LogP contribution in [0.5, 0.6) is 5.75 Å². The minimum absolute atomic E-state index is 0.0973. The SMILES string of the molecule is CCCCC(C)O.Cc1ccc(O)cc1. The van der Waals surface area contributed by atoms with E-state index < -0.39 is 0 Å². The van der Waals surface area contributed by atoms with Crippen LogP contribution < -0.4 is 0 Å². The minimum atomic E-state index is -0.0973. The van der Waals surface area contributed by atoms with E-state index in [1.807, 2.05) is 26.0 Å². The third-order valence-corrected chi connectivity index (χ3v) is 2.01. The average Bonchev–Trinajstić information content (AvgIpc) is 2.20. The van der Waals surface area contributed by atoms with Crippen molar-refractivity contribution in [1.82, 2.24) is 0 Å². The second kappa shape index (κ2) is 8.30. The zero-order valence-corrected chi connectivity index (χ0v) is 9.90. The van der Waals surface area contributed by atoms with Gasteiger partial charge in [-0.2, -0.15) is 0 Å². The molecule has 2 nitrogen and oxygen atoms in total. The molecule has 0 saturated heterocycles. The Labute approximate surface area is 92.6 Å². The van der Waals surface area contributed by atoms with Gasteiger partial charge in [0, 0.05) is 0 Å². The van der Waals surface area contributed by atoms with Crippen molar-refractivity contribution >= 4 is 0 Å². The Morgan fingerprint density at radius 2 is 1.73 bits per heavy atom. The molecule has 0 amide bonds. The summed E-state index contributed by atoms with van der Waals surface area (Å²) in [5.74, 6) is 0.329. The standard InChI is InChI=1S/C7H8O.C6H14O/c1-6-2-4-7(8)5-3-6;1-3-4-5-6(2)7/h2-5,8H,1H3;6-7H,3-5H2,1-2H3. The molecule has 0 spiro atoms. The minimum Gasteiger partial charge on any atom is -0.508 e. The topological polar surface area (TPSA) is 40.5 Å². The van der Waals surface area contributed by atoms with Gasteiger partial charge in [0.05, 0.1) is 6.10 Å². The quantitative estimate of drug-likeness (QED) is 0.804. The molecule has 86 valence electrons. The van der Waals surface area contributed by atoms with Crippen molar-refractivity contribution in [3.05, 3.63) is 29.8 Å². The van der Waals surface area contributed by atoms with Crippen molar-refractivity contribution in [2.45, 2.75) is 46.1 Å². The Morgan fingerprint density at radius 1 is 1.20 bits per heavy atom. The summed E-state index contributed by atoms with van der Waals surface area (Å²) in [4.78, 5) is 0. The summed E-state index contributed by atoms with van der Waals surface area (Å²) in [5, 5.41) is 17.4. The second-order valence-electron chi connectivity index (χ2n) is 3.83. The molecule has 0 bridgehead atoms. The number of rotatable bonds is 3. The van der Waals surface area contributed by atoms with E-state index in [1.54, 1.807) is 12.1 Å². The number of aliphatic hydroxyl groups is 1. The Bertz CT molecular complexity index is 218.